The largest absolute Gasteiger partial charge is 0.514 e. The average Bonchev–Trinajstić information content (AvgIpc) is 1.65. The summed E-state index contributed by atoms with van der Waals surface area (Å²) in [5.41, 5.74) is -1.27. The molecule has 0 fully saturated rings. The van der Waals surface area contributed by atoms with Crippen molar-refractivity contribution in [2.75, 3.05) is 0 Å². The minimum absolute atomic E-state index is 0.0417. The summed E-state index contributed by atoms with van der Waals surface area (Å²) in [5.74, 6) is 0. The molecule has 1 nitrogen and oxygen atoms in total. The standard InChI is InChI=1S/C2H2BF2O/c4-2(1-6)3-5/h1,6H/b2-1-. The Morgan fingerprint density at radius 2 is 2.33 bits per heavy atom. The van der Waals surface area contributed by atoms with Gasteiger partial charge in [0.2, 0.25) is 0 Å². The topological polar surface area (TPSA) is 20.2 Å². The molecule has 0 aromatic carbocycles. The van der Waals surface area contributed by atoms with Gasteiger partial charge in [-0.15, -0.1) is 0 Å². The van der Waals surface area contributed by atoms with Crippen molar-refractivity contribution >= 4 is 7.56 Å². The van der Waals surface area contributed by atoms with Crippen LogP contribution in [0.2, 0.25) is 0 Å². The van der Waals surface area contributed by atoms with Crippen LogP contribution in [-0.2, 0) is 0 Å². The second kappa shape index (κ2) is 2.69. The van der Waals surface area contributed by atoms with Crippen LogP contribution < -0.4 is 0 Å². The lowest BCUT2D eigenvalue weighted by Gasteiger charge is -1.72. The van der Waals surface area contributed by atoms with Crippen LogP contribution in [0.3, 0.4) is 0 Å². The van der Waals surface area contributed by atoms with E-state index in [-0.39, 0.29) is 13.8 Å². The van der Waals surface area contributed by atoms with Crippen molar-refractivity contribution in [1.82, 2.24) is 0 Å². The highest BCUT2D eigenvalue weighted by molar-refractivity contribution is 6.35. The minimum atomic E-state index is -1.27. The molecule has 0 aliphatic heterocycles. The number of hydrogen-bond acceptors (Lipinski definition) is 1. The second-order valence-electron chi connectivity index (χ2n) is 0.623. The Labute approximate surface area is 34.6 Å². The summed E-state index contributed by atoms with van der Waals surface area (Å²) in [6.45, 7) is 0. The van der Waals surface area contributed by atoms with E-state index in [0.29, 0.717) is 0 Å². The fraction of sp³-hybridized carbons (Fsp3) is 0. The van der Waals surface area contributed by atoms with Gasteiger partial charge in [0.15, 0.2) is 0 Å². The molecule has 6 heavy (non-hydrogen) atoms. The molecule has 0 heterocycles. The third-order valence-electron chi connectivity index (χ3n) is 0.228. The summed E-state index contributed by atoms with van der Waals surface area (Å²) in [4.78, 5) is 0. The zero-order valence-corrected chi connectivity index (χ0v) is 2.86. The monoisotopic (exact) mass is 91.0 g/mol. The van der Waals surface area contributed by atoms with Gasteiger partial charge in [0.05, 0.1) is 0 Å². The van der Waals surface area contributed by atoms with Crippen LogP contribution in [-0.4, -0.2) is 12.7 Å². The highest BCUT2D eigenvalue weighted by Crippen LogP contribution is 1.88. The predicted octanol–water partition coefficient (Wildman–Crippen LogP) is 0.901. The molecular formula is C2H2BF2O. The smallest absolute Gasteiger partial charge is 0.428 e. The summed E-state index contributed by atoms with van der Waals surface area (Å²) in [5, 5.41) is 7.53. The van der Waals surface area contributed by atoms with E-state index in [2.05, 4.69) is 0 Å². The van der Waals surface area contributed by atoms with Crippen LogP contribution in [0.5, 0.6) is 0 Å². The molecule has 0 aliphatic rings. The first-order valence-corrected chi connectivity index (χ1v) is 1.24. The summed E-state index contributed by atoms with van der Waals surface area (Å²) in [6.07, 6.45) is 0.0417. The Morgan fingerprint density at radius 1 is 1.83 bits per heavy atom. The first-order chi connectivity index (χ1) is 2.81. The molecule has 4 heteroatoms. The van der Waals surface area contributed by atoms with Crippen LogP contribution in [0.25, 0.3) is 0 Å². The summed E-state index contributed by atoms with van der Waals surface area (Å²) in [7, 11) is -0.333. The molecule has 0 aliphatic carbocycles. The maximum atomic E-state index is 11.0. The van der Waals surface area contributed by atoms with Gasteiger partial charge in [0.1, 0.15) is 12.0 Å². The highest BCUT2D eigenvalue weighted by atomic mass is 19.2. The Hall–Kier alpha value is -0.535. The number of rotatable bonds is 1. The fourth-order valence-electron chi connectivity index (χ4n) is 0.0282. The molecule has 1 N–H and O–H groups in total. The molecule has 0 aromatic heterocycles. The van der Waals surface area contributed by atoms with E-state index in [1.165, 1.54) is 0 Å². The Kier molecular flexibility index (Phi) is 2.45. The maximum Gasteiger partial charge on any atom is 0.428 e. The van der Waals surface area contributed by atoms with E-state index >= 15 is 0 Å². The van der Waals surface area contributed by atoms with Crippen LogP contribution in [0.4, 0.5) is 8.71 Å². The van der Waals surface area contributed by atoms with Crippen molar-refractivity contribution in [3.05, 3.63) is 12.0 Å². The molecule has 33 valence electrons. The molecule has 0 amide bonds. The van der Waals surface area contributed by atoms with Gasteiger partial charge in [0, 0.05) is 0 Å². The second-order valence-corrected chi connectivity index (χ2v) is 0.623. The Balaban J connectivity index is 3.22. The van der Waals surface area contributed by atoms with Gasteiger partial charge in [-0.1, -0.05) is 0 Å². The SMILES string of the molecule is O/C=C(\F)[B]F. The van der Waals surface area contributed by atoms with E-state index in [0.717, 1.165) is 0 Å². The molecule has 0 bridgehead atoms. The summed E-state index contributed by atoms with van der Waals surface area (Å²) in [6, 6.07) is 0. The minimum Gasteiger partial charge on any atom is -0.514 e. The molecule has 0 saturated heterocycles. The number of hydrogen-bond donors (Lipinski definition) is 1. The third kappa shape index (κ3) is 1.75. The van der Waals surface area contributed by atoms with E-state index < -0.39 is 5.73 Å². The van der Waals surface area contributed by atoms with Crippen molar-refractivity contribution in [2.45, 2.75) is 0 Å². The van der Waals surface area contributed by atoms with E-state index in [9.17, 15) is 8.71 Å². The van der Waals surface area contributed by atoms with Gasteiger partial charge in [-0.3, -0.25) is 0 Å². The first-order valence-electron chi connectivity index (χ1n) is 1.24. The number of halogens is 2. The van der Waals surface area contributed by atoms with E-state index in [1.807, 2.05) is 0 Å². The quantitative estimate of drug-likeness (QED) is 0.375. The van der Waals surface area contributed by atoms with Crippen molar-refractivity contribution in [2.24, 2.45) is 0 Å². The summed E-state index contributed by atoms with van der Waals surface area (Å²) >= 11 is 0. The van der Waals surface area contributed by atoms with Gasteiger partial charge in [-0.05, 0) is 0 Å². The highest BCUT2D eigenvalue weighted by Gasteiger charge is 1.92. The first kappa shape index (κ1) is 5.46. The van der Waals surface area contributed by atoms with Gasteiger partial charge >= 0.3 is 7.56 Å². The van der Waals surface area contributed by atoms with Crippen LogP contribution >= 0.6 is 0 Å². The number of aliphatic hydroxyl groups excluding tert-OH is 1. The van der Waals surface area contributed by atoms with Crippen LogP contribution in [0.15, 0.2) is 12.0 Å². The molecular weight excluding hydrogens is 88.8 g/mol. The average molecular weight is 90.8 g/mol. The third-order valence-corrected chi connectivity index (χ3v) is 0.228. The van der Waals surface area contributed by atoms with E-state index in [4.69, 9.17) is 5.11 Å². The lowest BCUT2D eigenvalue weighted by Crippen LogP contribution is -1.77. The molecule has 0 saturated carbocycles. The maximum absolute atomic E-state index is 11.0. The Morgan fingerprint density at radius 3 is 2.33 bits per heavy atom. The lowest BCUT2D eigenvalue weighted by atomic mass is 10.1. The lowest BCUT2D eigenvalue weighted by molar-refractivity contribution is 0.450. The van der Waals surface area contributed by atoms with Gasteiger partial charge in [-0.2, -0.15) is 0 Å². The van der Waals surface area contributed by atoms with Crippen molar-refractivity contribution in [3.63, 3.8) is 0 Å². The van der Waals surface area contributed by atoms with Crippen molar-refractivity contribution in [3.8, 4) is 0 Å². The van der Waals surface area contributed by atoms with E-state index in [1.54, 1.807) is 0 Å². The zero-order valence-electron chi connectivity index (χ0n) is 2.86. The molecule has 0 unspecified atom stereocenters. The summed E-state index contributed by atoms with van der Waals surface area (Å²) < 4.78 is 21.7. The predicted molar refractivity (Wildman–Crippen MR) is 18.7 cm³/mol. The number of aliphatic hydroxyl groups is 1. The Bertz CT molecular complexity index is 62.6. The van der Waals surface area contributed by atoms with Crippen LogP contribution in [0.1, 0.15) is 0 Å². The van der Waals surface area contributed by atoms with Gasteiger partial charge in [0.25, 0.3) is 0 Å². The normalized spacial score (nSPS) is 11.3. The molecule has 1 radical (unpaired) electrons. The fourth-order valence-corrected chi connectivity index (χ4v) is 0.0282. The molecule has 0 spiro atoms. The molecule has 0 rings (SSSR count). The van der Waals surface area contributed by atoms with Gasteiger partial charge < -0.3 is 9.42 Å². The molecule has 0 atom stereocenters. The van der Waals surface area contributed by atoms with Gasteiger partial charge in [-0.25, -0.2) is 4.39 Å². The zero-order chi connectivity index (χ0) is 4.99. The molecule has 0 aromatic rings. The van der Waals surface area contributed by atoms with Crippen molar-refractivity contribution in [1.29, 1.82) is 0 Å². The van der Waals surface area contributed by atoms with Crippen LogP contribution in [0, 0.1) is 0 Å². The van der Waals surface area contributed by atoms with Crippen molar-refractivity contribution < 1.29 is 13.8 Å².